The van der Waals surface area contributed by atoms with Gasteiger partial charge >= 0.3 is 6.03 Å². The first kappa shape index (κ1) is 17.1. The fourth-order valence-corrected chi connectivity index (χ4v) is 3.72. The van der Waals surface area contributed by atoms with Crippen LogP contribution < -0.4 is 10.6 Å². The summed E-state index contributed by atoms with van der Waals surface area (Å²) in [6.07, 6.45) is 10.1. The summed E-state index contributed by atoms with van der Waals surface area (Å²) in [5.74, 6) is 2.64. The van der Waals surface area contributed by atoms with Crippen molar-refractivity contribution in [2.24, 2.45) is 0 Å². The van der Waals surface area contributed by atoms with E-state index in [0.717, 1.165) is 19.4 Å². The number of urea groups is 1. The van der Waals surface area contributed by atoms with Crippen LogP contribution in [0.1, 0.15) is 30.7 Å². The fourth-order valence-electron chi connectivity index (χ4n) is 2.70. The van der Waals surface area contributed by atoms with Gasteiger partial charge in [0.1, 0.15) is 5.54 Å². The average Bonchev–Trinajstić information content (AvgIpc) is 2.98. The van der Waals surface area contributed by atoms with Gasteiger partial charge in [0.05, 0.1) is 17.1 Å². The number of nitrogens with zero attached hydrogens (tertiary/aromatic N) is 1. The molecule has 0 aromatic carbocycles. The van der Waals surface area contributed by atoms with Crippen LogP contribution >= 0.6 is 11.3 Å². The second-order valence-corrected chi connectivity index (χ2v) is 6.55. The molecular formula is C17H21N3O2S. The Morgan fingerprint density at radius 2 is 2.39 bits per heavy atom. The molecule has 1 aliphatic heterocycles. The molecule has 0 fully saturated rings. The van der Waals surface area contributed by atoms with Crippen LogP contribution in [0.3, 0.4) is 0 Å². The molecule has 1 atom stereocenters. The maximum Gasteiger partial charge on any atom is 0.322 e. The second-order valence-electron chi connectivity index (χ2n) is 5.64. The summed E-state index contributed by atoms with van der Waals surface area (Å²) < 4.78 is 0. The van der Waals surface area contributed by atoms with Crippen LogP contribution in [0.15, 0.2) is 17.5 Å². The van der Waals surface area contributed by atoms with Crippen molar-refractivity contribution >= 4 is 29.5 Å². The van der Waals surface area contributed by atoms with Crippen molar-refractivity contribution in [3.8, 4) is 12.3 Å². The molecule has 122 valence electrons. The number of amides is 3. The molecule has 2 heterocycles. The molecule has 0 bridgehead atoms. The zero-order chi connectivity index (χ0) is 16.9. The van der Waals surface area contributed by atoms with Gasteiger partial charge in [-0.05, 0) is 36.8 Å². The molecule has 1 unspecified atom stereocenters. The number of hydrogen-bond donors (Lipinski definition) is 2. The van der Waals surface area contributed by atoms with E-state index in [-0.39, 0.29) is 0 Å². The van der Waals surface area contributed by atoms with Gasteiger partial charge < -0.3 is 10.2 Å². The molecule has 23 heavy (non-hydrogen) atoms. The third-order valence-corrected chi connectivity index (χ3v) is 4.75. The standard InChI is InChI=1S/C17H21N3O2S/c1-4-6-14-15-13(8-10-23-15)7-9-20(14)11-17(3,5-2)19-16(22)18-12-21/h2,6,8,10,12H,4,7,9,11H2,1,3H3,(H2,18,19,21,22)/b14-6-. The second kappa shape index (κ2) is 7.34. The molecule has 5 nitrogen and oxygen atoms in total. The quantitative estimate of drug-likeness (QED) is 0.642. The lowest BCUT2D eigenvalue weighted by Crippen LogP contribution is -2.55. The molecule has 0 radical (unpaired) electrons. The first-order valence-electron chi connectivity index (χ1n) is 7.55. The maximum atomic E-state index is 11.6. The number of fused-ring (bicyclic) bond motifs is 1. The normalized spacial score (nSPS) is 17.8. The van der Waals surface area contributed by atoms with Crippen molar-refractivity contribution in [3.63, 3.8) is 0 Å². The molecule has 2 rings (SSSR count). The third kappa shape index (κ3) is 3.93. The number of carbonyl (C=O) groups is 2. The average molecular weight is 331 g/mol. The predicted molar refractivity (Wildman–Crippen MR) is 92.8 cm³/mol. The molecule has 0 saturated heterocycles. The van der Waals surface area contributed by atoms with Gasteiger partial charge in [-0.2, -0.15) is 0 Å². The van der Waals surface area contributed by atoms with Gasteiger partial charge in [0.15, 0.2) is 0 Å². The largest absolute Gasteiger partial charge is 0.367 e. The van der Waals surface area contributed by atoms with E-state index in [4.69, 9.17) is 6.42 Å². The minimum atomic E-state index is -0.866. The highest BCUT2D eigenvalue weighted by molar-refractivity contribution is 7.11. The van der Waals surface area contributed by atoms with Gasteiger partial charge in [0.2, 0.25) is 6.41 Å². The Morgan fingerprint density at radius 3 is 3.04 bits per heavy atom. The monoisotopic (exact) mass is 331 g/mol. The Labute approximate surface area is 140 Å². The SMILES string of the molecule is C#CC(C)(CN1CCc2ccsc2/C1=C/CC)NC(=O)NC=O. The lowest BCUT2D eigenvalue weighted by atomic mass is 9.98. The van der Waals surface area contributed by atoms with Crippen molar-refractivity contribution in [2.45, 2.75) is 32.2 Å². The minimum absolute atomic E-state index is 0.341. The van der Waals surface area contributed by atoms with Gasteiger partial charge in [-0.3, -0.25) is 10.1 Å². The Balaban J connectivity index is 2.20. The fraction of sp³-hybridized carbons (Fsp3) is 0.412. The lowest BCUT2D eigenvalue weighted by molar-refractivity contribution is -0.108. The highest BCUT2D eigenvalue weighted by atomic mass is 32.1. The molecule has 0 saturated carbocycles. The van der Waals surface area contributed by atoms with E-state index in [2.05, 4.69) is 45.9 Å². The summed E-state index contributed by atoms with van der Waals surface area (Å²) in [6, 6.07) is 1.58. The van der Waals surface area contributed by atoms with E-state index >= 15 is 0 Å². The van der Waals surface area contributed by atoms with Crippen molar-refractivity contribution in [2.75, 3.05) is 13.1 Å². The molecule has 6 heteroatoms. The highest BCUT2D eigenvalue weighted by Gasteiger charge is 2.30. The van der Waals surface area contributed by atoms with E-state index in [1.807, 2.05) is 0 Å². The topological polar surface area (TPSA) is 61.4 Å². The summed E-state index contributed by atoms with van der Waals surface area (Å²) in [7, 11) is 0. The molecular weight excluding hydrogens is 310 g/mol. The van der Waals surface area contributed by atoms with Crippen LogP contribution in [-0.2, 0) is 11.2 Å². The van der Waals surface area contributed by atoms with Gasteiger partial charge in [-0.1, -0.05) is 18.9 Å². The first-order chi connectivity index (χ1) is 11.0. The summed E-state index contributed by atoms with van der Waals surface area (Å²) in [5.41, 5.74) is 1.66. The van der Waals surface area contributed by atoms with Crippen LogP contribution in [-0.4, -0.2) is 36.0 Å². The van der Waals surface area contributed by atoms with Crippen LogP contribution in [0.5, 0.6) is 0 Å². The highest BCUT2D eigenvalue weighted by Crippen LogP contribution is 2.34. The lowest BCUT2D eigenvalue weighted by Gasteiger charge is -2.37. The van der Waals surface area contributed by atoms with Crippen molar-refractivity contribution in [3.05, 3.63) is 28.0 Å². The number of rotatable bonds is 5. The molecule has 1 aromatic rings. The Hall–Kier alpha value is -2.26. The number of allylic oxidation sites excluding steroid dienone is 1. The Bertz CT molecular complexity index is 659. The van der Waals surface area contributed by atoms with E-state index in [9.17, 15) is 9.59 Å². The molecule has 2 N–H and O–H groups in total. The zero-order valence-corrected chi connectivity index (χ0v) is 14.2. The number of carbonyl (C=O) groups excluding carboxylic acids is 2. The number of imide groups is 1. The molecule has 1 aromatic heterocycles. The molecule has 0 aliphatic carbocycles. The van der Waals surface area contributed by atoms with E-state index in [1.54, 1.807) is 18.3 Å². The first-order valence-corrected chi connectivity index (χ1v) is 8.43. The number of hydrogen-bond acceptors (Lipinski definition) is 4. The molecule has 3 amide bonds. The van der Waals surface area contributed by atoms with Gasteiger partial charge in [-0.15, -0.1) is 17.8 Å². The van der Waals surface area contributed by atoms with Crippen molar-refractivity contribution < 1.29 is 9.59 Å². The number of thiophene rings is 1. The van der Waals surface area contributed by atoms with E-state index in [0.29, 0.717) is 13.0 Å². The smallest absolute Gasteiger partial charge is 0.322 e. The maximum absolute atomic E-state index is 11.6. The van der Waals surface area contributed by atoms with Crippen LogP contribution in [0.2, 0.25) is 0 Å². The zero-order valence-electron chi connectivity index (χ0n) is 13.4. The molecule has 0 spiro atoms. The van der Waals surface area contributed by atoms with Crippen LogP contribution in [0, 0.1) is 12.3 Å². The van der Waals surface area contributed by atoms with E-state index < -0.39 is 11.6 Å². The number of terminal acetylenes is 1. The van der Waals surface area contributed by atoms with Gasteiger partial charge in [0, 0.05) is 6.54 Å². The summed E-state index contributed by atoms with van der Waals surface area (Å²) in [6.45, 7) is 5.22. The van der Waals surface area contributed by atoms with Crippen LogP contribution in [0.4, 0.5) is 4.79 Å². The van der Waals surface area contributed by atoms with Crippen molar-refractivity contribution in [1.82, 2.24) is 15.5 Å². The van der Waals surface area contributed by atoms with Crippen molar-refractivity contribution in [1.29, 1.82) is 0 Å². The summed E-state index contributed by atoms with van der Waals surface area (Å²) in [4.78, 5) is 25.5. The predicted octanol–water partition coefficient (Wildman–Crippen LogP) is 2.20. The summed E-state index contributed by atoms with van der Waals surface area (Å²) in [5, 5.41) is 6.86. The van der Waals surface area contributed by atoms with Crippen LogP contribution in [0.25, 0.3) is 5.70 Å². The van der Waals surface area contributed by atoms with Gasteiger partial charge in [-0.25, -0.2) is 4.79 Å². The van der Waals surface area contributed by atoms with E-state index in [1.165, 1.54) is 16.1 Å². The number of nitrogens with one attached hydrogen (secondary N) is 2. The van der Waals surface area contributed by atoms with Gasteiger partial charge in [0.25, 0.3) is 0 Å². The Morgan fingerprint density at radius 1 is 1.61 bits per heavy atom. The third-order valence-electron chi connectivity index (χ3n) is 3.77. The molecule has 1 aliphatic rings. The Kier molecular flexibility index (Phi) is 5.45. The minimum Gasteiger partial charge on any atom is -0.367 e. The summed E-state index contributed by atoms with van der Waals surface area (Å²) >= 11 is 1.73.